The average molecular weight is 390 g/mol. The summed E-state index contributed by atoms with van der Waals surface area (Å²) in [5, 5.41) is 0. The summed E-state index contributed by atoms with van der Waals surface area (Å²) in [6, 6.07) is 19.8. The first-order valence-electron chi connectivity index (χ1n) is 9.25. The smallest absolute Gasteiger partial charge is 0.339 e. The number of amides is 1. The number of rotatable bonds is 6. The van der Waals surface area contributed by atoms with E-state index in [1.165, 1.54) is 11.0 Å². The van der Waals surface area contributed by atoms with Crippen LogP contribution in [0, 0.1) is 6.92 Å². The van der Waals surface area contributed by atoms with Crippen molar-refractivity contribution in [1.29, 1.82) is 0 Å². The highest BCUT2D eigenvalue weighted by Gasteiger charge is 2.18. The van der Waals surface area contributed by atoms with Crippen LogP contribution in [0.25, 0.3) is 0 Å². The van der Waals surface area contributed by atoms with Crippen molar-refractivity contribution in [1.82, 2.24) is 4.98 Å². The second-order valence-corrected chi connectivity index (χ2v) is 6.32. The van der Waals surface area contributed by atoms with Crippen molar-refractivity contribution in [2.75, 3.05) is 18.6 Å². The summed E-state index contributed by atoms with van der Waals surface area (Å²) >= 11 is 0. The maximum Gasteiger partial charge on any atom is 0.339 e. The van der Waals surface area contributed by atoms with Gasteiger partial charge in [-0.25, -0.2) is 9.78 Å². The van der Waals surface area contributed by atoms with Gasteiger partial charge in [0.1, 0.15) is 17.2 Å². The highest BCUT2D eigenvalue weighted by Crippen LogP contribution is 2.24. The minimum atomic E-state index is -0.446. The molecule has 0 radical (unpaired) electrons. The lowest BCUT2D eigenvalue weighted by molar-refractivity contribution is 0.0524. The molecule has 0 fully saturated rings. The third-order valence-corrected chi connectivity index (χ3v) is 4.31. The number of hydrogen-bond acceptors (Lipinski definition) is 5. The van der Waals surface area contributed by atoms with Crippen LogP contribution in [0.5, 0.6) is 11.5 Å². The highest BCUT2D eigenvalue weighted by atomic mass is 16.5. The van der Waals surface area contributed by atoms with Crippen molar-refractivity contribution in [2.45, 2.75) is 13.8 Å². The first-order valence-corrected chi connectivity index (χ1v) is 9.25. The number of benzene rings is 2. The molecule has 3 aromatic rings. The molecule has 148 valence electrons. The lowest BCUT2D eigenvalue weighted by atomic mass is 10.1. The topological polar surface area (TPSA) is 68.7 Å². The number of nitrogens with zero attached hydrogens (tertiary/aromatic N) is 2. The third-order valence-electron chi connectivity index (χ3n) is 4.31. The summed E-state index contributed by atoms with van der Waals surface area (Å²) in [6.45, 7) is 3.70. The van der Waals surface area contributed by atoms with Crippen molar-refractivity contribution in [3.8, 4) is 11.5 Å². The Hall–Kier alpha value is -3.67. The standard InChI is InChI=1S/C23H22N2O4/c1-4-28-23(27)20-14-15-21(24-16(20)2)22(26)25(3)17-10-12-19(13-11-17)29-18-8-6-5-7-9-18/h5-15H,4H2,1-3H3. The first-order chi connectivity index (χ1) is 14.0. The van der Waals surface area contributed by atoms with Crippen LogP contribution in [-0.2, 0) is 4.74 Å². The van der Waals surface area contributed by atoms with Gasteiger partial charge < -0.3 is 14.4 Å². The molecular formula is C23H22N2O4. The van der Waals surface area contributed by atoms with Gasteiger partial charge in [-0.1, -0.05) is 18.2 Å². The van der Waals surface area contributed by atoms with E-state index in [-0.39, 0.29) is 18.2 Å². The van der Waals surface area contributed by atoms with Gasteiger partial charge in [-0.3, -0.25) is 4.79 Å². The zero-order valence-corrected chi connectivity index (χ0v) is 16.6. The summed E-state index contributed by atoms with van der Waals surface area (Å²) in [7, 11) is 1.67. The Balaban J connectivity index is 1.72. The van der Waals surface area contributed by atoms with E-state index < -0.39 is 5.97 Å². The normalized spacial score (nSPS) is 10.3. The van der Waals surface area contributed by atoms with Gasteiger partial charge >= 0.3 is 5.97 Å². The molecule has 0 unspecified atom stereocenters. The predicted molar refractivity (Wildman–Crippen MR) is 111 cm³/mol. The zero-order valence-electron chi connectivity index (χ0n) is 16.6. The number of hydrogen-bond donors (Lipinski definition) is 0. The van der Waals surface area contributed by atoms with Gasteiger partial charge in [-0.2, -0.15) is 0 Å². The molecule has 29 heavy (non-hydrogen) atoms. The molecule has 2 aromatic carbocycles. The van der Waals surface area contributed by atoms with Crippen LogP contribution < -0.4 is 9.64 Å². The van der Waals surface area contributed by atoms with Crippen molar-refractivity contribution < 1.29 is 19.1 Å². The molecule has 6 heteroatoms. The van der Waals surface area contributed by atoms with Crippen molar-refractivity contribution in [2.24, 2.45) is 0 Å². The van der Waals surface area contributed by atoms with Crippen LogP contribution in [0.15, 0.2) is 66.7 Å². The second-order valence-electron chi connectivity index (χ2n) is 6.32. The fraction of sp³-hybridized carbons (Fsp3) is 0.174. The second kappa shape index (κ2) is 9.01. The molecule has 0 saturated carbocycles. The number of anilines is 1. The number of para-hydroxylation sites is 1. The Morgan fingerprint density at radius 1 is 0.931 bits per heavy atom. The van der Waals surface area contributed by atoms with Gasteiger partial charge in [-0.15, -0.1) is 0 Å². The number of carbonyl (C=O) groups excluding carboxylic acids is 2. The summed E-state index contributed by atoms with van der Waals surface area (Å²) < 4.78 is 10.8. The Kier molecular flexibility index (Phi) is 6.24. The number of aryl methyl sites for hydroxylation is 1. The van der Waals surface area contributed by atoms with Gasteiger partial charge in [0.25, 0.3) is 5.91 Å². The minimum Gasteiger partial charge on any atom is -0.462 e. The van der Waals surface area contributed by atoms with E-state index in [2.05, 4.69) is 4.98 Å². The van der Waals surface area contributed by atoms with E-state index in [0.717, 1.165) is 5.75 Å². The molecule has 1 aromatic heterocycles. The zero-order chi connectivity index (χ0) is 20.8. The van der Waals surface area contributed by atoms with E-state index in [4.69, 9.17) is 9.47 Å². The molecule has 0 aliphatic heterocycles. The fourth-order valence-corrected chi connectivity index (χ4v) is 2.76. The number of aromatic nitrogens is 1. The molecule has 0 bridgehead atoms. The van der Waals surface area contributed by atoms with Gasteiger partial charge in [-0.05, 0) is 62.4 Å². The van der Waals surface area contributed by atoms with Crippen LogP contribution in [0.1, 0.15) is 33.5 Å². The van der Waals surface area contributed by atoms with Gasteiger partial charge in [0.05, 0.1) is 17.9 Å². The third kappa shape index (κ3) is 4.79. The van der Waals surface area contributed by atoms with Crippen LogP contribution in [0.4, 0.5) is 5.69 Å². The molecule has 3 rings (SSSR count). The Morgan fingerprint density at radius 2 is 1.59 bits per heavy atom. The molecule has 0 N–H and O–H groups in total. The molecule has 1 amide bonds. The van der Waals surface area contributed by atoms with Gasteiger partial charge in [0, 0.05) is 12.7 Å². The maximum absolute atomic E-state index is 12.8. The van der Waals surface area contributed by atoms with Crippen LogP contribution in [0.2, 0.25) is 0 Å². The Bertz CT molecular complexity index is 1000. The van der Waals surface area contributed by atoms with E-state index in [0.29, 0.717) is 22.7 Å². The maximum atomic E-state index is 12.8. The summed E-state index contributed by atoms with van der Waals surface area (Å²) in [6.07, 6.45) is 0. The molecular weight excluding hydrogens is 368 g/mol. The fourth-order valence-electron chi connectivity index (χ4n) is 2.76. The largest absolute Gasteiger partial charge is 0.462 e. The monoisotopic (exact) mass is 390 g/mol. The summed E-state index contributed by atoms with van der Waals surface area (Å²) in [5.74, 6) is 0.693. The molecule has 0 saturated heterocycles. The minimum absolute atomic E-state index is 0.252. The van der Waals surface area contributed by atoms with E-state index in [1.807, 2.05) is 30.3 Å². The summed E-state index contributed by atoms with van der Waals surface area (Å²) in [4.78, 5) is 30.5. The number of ether oxygens (including phenoxy) is 2. The SMILES string of the molecule is CCOC(=O)c1ccc(C(=O)N(C)c2ccc(Oc3ccccc3)cc2)nc1C. The van der Waals surface area contributed by atoms with Crippen LogP contribution >= 0.6 is 0 Å². The quantitative estimate of drug-likeness (QED) is 0.574. The van der Waals surface area contributed by atoms with Crippen molar-refractivity contribution in [3.63, 3.8) is 0 Å². The Labute approximate surface area is 169 Å². The molecule has 1 heterocycles. The van der Waals surface area contributed by atoms with Gasteiger partial charge in [0.15, 0.2) is 0 Å². The molecule has 0 aliphatic rings. The van der Waals surface area contributed by atoms with Crippen LogP contribution in [0.3, 0.4) is 0 Å². The molecule has 0 spiro atoms. The van der Waals surface area contributed by atoms with Crippen LogP contribution in [-0.4, -0.2) is 30.5 Å². The lowest BCUT2D eigenvalue weighted by Gasteiger charge is -2.18. The van der Waals surface area contributed by atoms with E-state index >= 15 is 0 Å². The predicted octanol–water partition coefficient (Wildman–Crippen LogP) is 4.64. The molecule has 0 aliphatic carbocycles. The van der Waals surface area contributed by atoms with E-state index in [9.17, 15) is 9.59 Å². The number of carbonyl (C=O) groups is 2. The summed E-state index contributed by atoms with van der Waals surface area (Å²) in [5.41, 5.74) is 1.76. The lowest BCUT2D eigenvalue weighted by Crippen LogP contribution is -2.27. The first kappa shape index (κ1) is 20.1. The number of esters is 1. The van der Waals surface area contributed by atoms with Crippen molar-refractivity contribution in [3.05, 3.63) is 83.7 Å². The average Bonchev–Trinajstić information content (AvgIpc) is 2.74. The molecule has 6 nitrogen and oxygen atoms in total. The highest BCUT2D eigenvalue weighted by molar-refractivity contribution is 6.05. The number of pyridine rings is 1. The van der Waals surface area contributed by atoms with E-state index in [1.54, 1.807) is 51.2 Å². The Morgan fingerprint density at radius 3 is 2.21 bits per heavy atom. The van der Waals surface area contributed by atoms with Gasteiger partial charge in [0.2, 0.25) is 0 Å². The van der Waals surface area contributed by atoms with Crippen molar-refractivity contribution >= 4 is 17.6 Å². The molecule has 0 atom stereocenters.